The summed E-state index contributed by atoms with van der Waals surface area (Å²) in [7, 11) is 0. The van der Waals surface area contributed by atoms with E-state index in [0.717, 1.165) is 16.5 Å². The summed E-state index contributed by atoms with van der Waals surface area (Å²) in [5, 5.41) is 5.40. The van der Waals surface area contributed by atoms with Crippen molar-refractivity contribution in [3.05, 3.63) is 94.4 Å². The molecule has 4 rings (SSSR count). The molecule has 0 aliphatic carbocycles. The summed E-state index contributed by atoms with van der Waals surface area (Å²) in [5.74, 6) is 0. The Hall–Kier alpha value is -2.58. The number of fused-ring (bicyclic) bond motifs is 1. The number of furan rings is 1. The maximum atomic E-state index is 5.73. The van der Waals surface area contributed by atoms with Crippen LogP contribution in [0.4, 0.5) is 0 Å². The van der Waals surface area contributed by atoms with E-state index in [9.17, 15) is 0 Å². The second-order valence-corrected chi connectivity index (χ2v) is 5.91. The van der Waals surface area contributed by atoms with Crippen LogP contribution < -0.4 is 0 Å². The average molecular weight is 302 g/mol. The Balaban J connectivity index is 1.95. The molecule has 2 aromatic heterocycles. The Kier molecular flexibility index (Phi) is 3.37. The molecular weight excluding hydrogens is 288 g/mol. The van der Waals surface area contributed by atoms with Gasteiger partial charge in [0.05, 0.1) is 6.26 Å². The van der Waals surface area contributed by atoms with E-state index in [4.69, 9.17) is 4.42 Å². The van der Waals surface area contributed by atoms with Gasteiger partial charge in [0.25, 0.3) is 0 Å². The van der Waals surface area contributed by atoms with Gasteiger partial charge in [-0.3, -0.25) is 0 Å². The van der Waals surface area contributed by atoms with Crippen LogP contribution in [0.1, 0.15) is 16.7 Å². The number of hydrogen-bond donors (Lipinski definition) is 0. The first-order chi connectivity index (χ1) is 10.9. The molecular formula is C20H14OS. The monoisotopic (exact) mass is 302 g/mol. The molecule has 0 radical (unpaired) electrons. The van der Waals surface area contributed by atoms with Gasteiger partial charge in [-0.1, -0.05) is 48.5 Å². The Morgan fingerprint density at radius 2 is 1.73 bits per heavy atom. The van der Waals surface area contributed by atoms with Crippen LogP contribution in [0.15, 0.2) is 82.1 Å². The fraction of sp³-hybridized carbons (Fsp3) is 0. The number of rotatable bonds is 3. The van der Waals surface area contributed by atoms with Crippen molar-refractivity contribution >= 4 is 34.0 Å². The third-order valence-electron chi connectivity index (χ3n) is 3.71. The summed E-state index contributed by atoms with van der Waals surface area (Å²) < 4.78 is 5.73. The summed E-state index contributed by atoms with van der Waals surface area (Å²) in [6.45, 7) is 0. The van der Waals surface area contributed by atoms with Crippen LogP contribution in [-0.2, 0) is 0 Å². The van der Waals surface area contributed by atoms with Crippen LogP contribution in [0, 0.1) is 0 Å². The van der Waals surface area contributed by atoms with Gasteiger partial charge in [-0.15, -0.1) is 0 Å². The minimum atomic E-state index is 0.921. The van der Waals surface area contributed by atoms with Gasteiger partial charge in [0.2, 0.25) is 0 Å². The lowest BCUT2D eigenvalue weighted by molar-refractivity contribution is 0.615. The van der Waals surface area contributed by atoms with E-state index in [0.29, 0.717) is 0 Å². The molecule has 0 amide bonds. The summed E-state index contributed by atoms with van der Waals surface area (Å²) in [6.07, 6.45) is 4.08. The molecule has 1 nitrogen and oxygen atoms in total. The average Bonchev–Trinajstić information content (AvgIpc) is 3.23. The van der Waals surface area contributed by atoms with Crippen LogP contribution >= 0.6 is 11.3 Å². The Labute approximate surface area is 133 Å². The second-order valence-electron chi connectivity index (χ2n) is 5.13. The van der Waals surface area contributed by atoms with Crippen LogP contribution in [-0.4, -0.2) is 0 Å². The minimum Gasteiger partial charge on any atom is -0.464 e. The maximum absolute atomic E-state index is 5.73. The Bertz CT molecular complexity index is 915. The first kappa shape index (κ1) is 13.1. The Morgan fingerprint density at radius 1 is 0.909 bits per heavy atom. The van der Waals surface area contributed by atoms with Crippen molar-refractivity contribution in [2.75, 3.05) is 0 Å². The van der Waals surface area contributed by atoms with E-state index in [2.05, 4.69) is 59.3 Å². The lowest BCUT2D eigenvalue weighted by atomic mass is 9.96. The van der Waals surface area contributed by atoms with Crippen LogP contribution in [0.2, 0.25) is 0 Å². The van der Waals surface area contributed by atoms with Crippen molar-refractivity contribution in [1.82, 2.24) is 0 Å². The van der Waals surface area contributed by atoms with Crippen molar-refractivity contribution in [2.45, 2.75) is 0 Å². The molecule has 0 fully saturated rings. The van der Waals surface area contributed by atoms with Crippen molar-refractivity contribution < 1.29 is 4.42 Å². The summed E-state index contributed by atoms with van der Waals surface area (Å²) >= 11 is 1.71. The molecule has 106 valence electrons. The van der Waals surface area contributed by atoms with Gasteiger partial charge < -0.3 is 4.42 Å². The summed E-state index contributed by atoms with van der Waals surface area (Å²) in [5.41, 5.74) is 5.65. The smallest absolute Gasteiger partial charge is 0.134 e. The molecule has 4 aromatic rings. The zero-order chi connectivity index (χ0) is 14.8. The Morgan fingerprint density at radius 3 is 2.55 bits per heavy atom. The highest BCUT2D eigenvalue weighted by atomic mass is 32.1. The lowest BCUT2D eigenvalue weighted by Crippen LogP contribution is -1.86. The summed E-state index contributed by atoms with van der Waals surface area (Å²) in [6, 6.07) is 20.8. The van der Waals surface area contributed by atoms with E-state index in [-0.39, 0.29) is 0 Å². The zero-order valence-corrected chi connectivity index (χ0v) is 12.7. The van der Waals surface area contributed by atoms with E-state index < -0.39 is 0 Å². The molecule has 0 N–H and O–H groups in total. The number of thiophene rings is 1. The van der Waals surface area contributed by atoms with Gasteiger partial charge in [0, 0.05) is 10.9 Å². The van der Waals surface area contributed by atoms with Crippen molar-refractivity contribution in [1.29, 1.82) is 0 Å². The van der Waals surface area contributed by atoms with Gasteiger partial charge in [-0.2, -0.15) is 11.3 Å². The predicted octanol–water partition coefficient (Wildman–Crippen LogP) is 6.08. The van der Waals surface area contributed by atoms with Crippen LogP contribution in [0.3, 0.4) is 0 Å². The minimum absolute atomic E-state index is 0.921. The molecule has 2 heteroatoms. The quantitative estimate of drug-likeness (QED) is 0.447. The van der Waals surface area contributed by atoms with E-state index in [1.54, 1.807) is 11.3 Å². The fourth-order valence-corrected chi connectivity index (χ4v) is 3.26. The molecule has 0 aliphatic heterocycles. The fourth-order valence-electron chi connectivity index (χ4n) is 2.64. The highest BCUT2D eigenvalue weighted by Gasteiger charge is 2.12. The molecule has 0 atom stereocenters. The first-order valence-corrected chi connectivity index (χ1v) is 8.12. The molecule has 0 spiro atoms. The van der Waals surface area contributed by atoms with Gasteiger partial charge >= 0.3 is 0 Å². The molecule has 0 saturated heterocycles. The number of para-hydroxylation sites is 1. The molecule has 0 saturated carbocycles. The van der Waals surface area contributed by atoms with Crippen LogP contribution in [0.5, 0.6) is 0 Å². The molecule has 22 heavy (non-hydrogen) atoms. The van der Waals surface area contributed by atoms with Crippen LogP contribution in [0.25, 0.3) is 22.6 Å². The topological polar surface area (TPSA) is 13.1 Å². The van der Waals surface area contributed by atoms with Gasteiger partial charge in [-0.25, -0.2) is 0 Å². The number of benzene rings is 2. The molecule has 2 heterocycles. The van der Waals surface area contributed by atoms with Gasteiger partial charge in [0.15, 0.2) is 0 Å². The molecule has 0 bridgehead atoms. The van der Waals surface area contributed by atoms with Crippen molar-refractivity contribution in [3.8, 4) is 0 Å². The third-order valence-corrected chi connectivity index (χ3v) is 4.41. The third kappa shape index (κ3) is 2.38. The standard InChI is InChI=1S/C20H14OS/c1-2-6-16(7-3-1)18(12-15-10-11-22-14-15)19-13-21-20-9-5-4-8-17(19)20/h1-14H/b18-12+. The molecule has 0 unspecified atom stereocenters. The maximum Gasteiger partial charge on any atom is 0.134 e. The normalized spacial score (nSPS) is 11.9. The second kappa shape index (κ2) is 5.66. The van der Waals surface area contributed by atoms with Crippen molar-refractivity contribution in [3.63, 3.8) is 0 Å². The van der Waals surface area contributed by atoms with E-state index in [1.165, 1.54) is 16.7 Å². The number of hydrogen-bond acceptors (Lipinski definition) is 2. The van der Waals surface area contributed by atoms with Gasteiger partial charge in [-0.05, 0) is 45.7 Å². The largest absolute Gasteiger partial charge is 0.464 e. The van der Waals surface area contributed by atoms with Gasteiger partial charge in [0.1, 0.15) is 5.58 Å². The predicted molar refractivity (Wildman–Crippen MR) is 93.9 cm³/mol. The summed E-state index contributed by atoms with van der Waals surface area (Å²) in [4.78, 5) is 0. The zero-order valence-electron chi connectivity index (χ0n) is 11.9. The van der Waals surface area contributed by atoms with E-state index >= 15 is 0 Å². The lowest BCUT2D eigenvalue weighted by Gasteiger charge is -2.06. The van der Waals surface area contributed by atoms with E-state index in [1.807, 2.05) is 24.5 Å². The SMILES string of the molecule is C(=C(/c1ccccc1)c1coc2ccccc12)/c1ccsc1. The first-order valence-electron chi connectivity index (χ1n) is 7.18. The molecule has 2 aromatic carbocycles. The highest BCUT2D eigenvalue weighted by Crippen LogP contribution is 2.33. The molecule has 0 aliphatic rings. The van der Waals surface area contributed by atoms with Crippen molar-refractivity contribution in [2.24, 2.45) is 0 Å². The highest BCUT2D eigenvalue weighted by molar-refractivity contribution is 7.08.